The van der Waals surface area contributed by atoms with Crippen LogP contribution in [0.25, 0.3) is 0 Å². The monoisotopic (exact) mass is 365 g/mol. The fourth-order valence-electron chi connectivity index (χ4n) is 3.61. The van der Waals surface area contributed by atoms with Gasteiger partial charge in [0.25, 0.3) is 0 Å². The van der Waals surface area contributed by atoms with Crippen molar-refractivity contribution < 1.29 is 24.0 Å². The average molecular weight is 365 g/mol. The largest absolute Gasteiger partial charge is 0.477 e. The Kier molecular flexibility index (Phi) is 5.83. The molecule has 6 heteroatoms. The molecule has 1 N–H and O–H groups in total. The van der Waals surface area contributed by atoms with Crippen molar-refractivity contribution in [2.24, 2.45) is 11.3 Å². The summed E-state index contributed by atoms with van der Waals surface area (Å²) >= 11 is 0. The van der Waals surface area contributed by atoms with Gasteiger partial charge in [0.1, 0.15) is 11.2 Å². The van der Waals surface area contributed by atoms with Crippen LogP contribution in [0.5, 0.6) is 0 Å². The van der Waals surface area contributed by atoms with Crippen molar-refractivity contribution in [1.29, 1.82) is 0 Å². The number of carbonyl (C=O) groups is 2. The van der Waals surface area contributed by atoms with E-state index in [1.165, 1.54) is 0 Å². The van der Waals surface area contributed by atoms with E-state index in [1.807, 2.05) is 0 Å². The number of hydrogen-bond donors (Lipinski definition) is 1. The molecule has 1 aliphatic carbocycles. The van der Waals surface area contributed by atoms with Gasteiger partial charge in [0.15, 0.2) is 5.76 Å². The van der Waals surface area contributed by atoms with Gasteiger partial charge >= 0.3 is 11.9 Å². The van der Waals surface area contributed by atoms with E-state index < -0.39 is 11.6 Å². The highest BCUT2D eigenvalue weighted by Crippen LogP contribution is 2.47. The van der Waals surface area contributed by atoms with E-state index in [0.29, 0.717) is 17.4 Å². The molecule has 0 aromatic carbocycles. The number of ether oxygens (including phenoxy) is 1. The Morgan fingerprint density at radius 3 is 2.31 bits per heavy atom. The molecule has 1 fully saturated rings. The van der Waals surface area contributed by atoms with E-state index >= 15 is 0 Å². The first-order chi connectivity index (χ1) is 11.9. The van der Waals surface area contributed by atoms with Crippen molar-refractivity contribution in [2.45, 2.75) is 85.2 Å². The zero-order valence-electron chi connectivity index (χ0n) is 16.7. The molecule has 6 nitrogen and oxygen atoms in total. The van der Waals surface area contributed by atoms with E-state index in [2.05, 4.69) is 25.9 Å². The number of carbonyl (C=O) groups excluding carboxylic acids is 1. The van der Waals surface area contributed by atoms with Crippen molar-refractivity contribution in [3.63, 3.8) is 0 Å². The first-order valence-corrected chi connectivity index (χ1v) is 9.29. The lowest BCUT2D eigenvalue weighted by atomic mass is 9.67. The molecule has 2 rings (SSSR count). The molecule has 1 aliphatic rings. The minimum Gasteiger partial charge on any atom is -0.477 e. The van der Waals surface area contributed by atoms with Gasteiger partial charge in [-0.05, 0) is 51.4 Å². The van der Waals surface area contributed by atoms with E-state index in [4.69, 9.17) is 9.26 Å². The maximum Gasteiger partial charge on any atom is 0.341 e. The second-order valence-corrected chi connectivity index (χ2v) is 9.56. The number of aryl methyl sites for hydroxylation is 1. The van der Waals surface area contributed by atoms with Crippen molar-refractivity contribution >= 4 is 11.9 Å². The van der Waals surface area contributed by atoms with Crippen molar-refractivity contribution in [3.05, 3.63) is 17.0 Å². The predicted molar refractivity (Wildman–Crippen MR) is 97.2 cm³/mol. The number of esters is 1. The van der Waals surface area contributed by atoms with Gasteiger partial charge in [-0.25, -0.2) is 4.79 Å². The number of aromatic carboxylic acids is 1. The average Bonchev–Trinajstić information content (AvgIpc) is 2.80. The molecule has 0 radical (unpaired) electrons. The zero-order valence-corrected chi connectivity index (χ0v) is 16.7. The maximum absolute atomic E-state index is 11.9. The topological polar surface area (TPSA) is 89.6 Å². The Balaban J connectivity index is 2.01. The highest BCUT2D eigenvalue weighted by Gasteiger charge is 2.38. The van der Waals surface area contributed by atoms with Crippen LogP contribution in [0.3, 0.4) is 0 Å². The minimum absolute atomic E-state index is 0.0842. The summed E-state index contributed by atoms with van der Waals surface area (Å²) in [6, 6.07) is 0. The van der Waals surface area contributed by atoms with Gasteiger partial charge in [0.05, 0.1) is 12.1 Å². The number of carboxylic acids is 1. The lowest BCUT2D eigenvalue weighted by molar-refractivity contribution is -0.154. The van der Waals surface area contributed by atoms with Crippen molar-refractivity contribution in [2.75, 3.05) is 0 Å². The van der Waals surface area contributed by atoms with E-state index in [9.17, 15) is 14.7 Å². The summed E-state index contributed by atoms with van der Waals surface area (Å²) in [6.45, 7) is 12.0. The van der Waals surface area contributed by atoms with E-state index in [0.717, 1.165) is 19.3 Å². The van der Waals surface area contributed by atoms with Crippen molar-refractivity contribution in [3.8, 4) is 0 Å². The molecule has 0 saturated heterocycles. The van der Waals surface area contributed by atoms with Gasteiger partial charge < -0.3 is 14.4 Å². The molecule has 1 saturated carbocycles. The fourth-order valence-corrected chi connectivity index (χ4v) is 3.61. The molecule has 1 heterocycles. The summed E-state index contributed by atoms with van der Waals surface area (Å²) in [4.78, 5) is 23.6. The molecule has 0 spiro atoms. The van der Waals surface area contributed by atoms with Gasteiger partial charge in [0, 0.05) is 12.3 Å². The molecular weight excluding hydrogens is 334 g/mol. The lowest BCUT2D eigenvalue weighted by Gasteiger charge is -2.37. The normalized spacial score (nSPS) is 20.5. The molecule has 0 aliphatic heterocycles. The third-order valence-corrected chi connectivity index (χ3v) is 4.50. The lowest BCUT2D eigenvalue weighted by Crippen LogP contribution is -2.27. The highest BCUT2D eigenvalue weighted by atomic mass is 16.6. The summed E-state index contributed by atoms with van der Waals surface area (Å²) < 4.78 is 10.7. The minimum atomic E-state index is -1.04. The van der Waals surface area contributed by atoms with E-state index in [-0.39, 0.29) is 35.7 Å². The van der Waals surface area contributed by atoms with Crippen molar-refractivity contribution in [1.82, 2.24) is 5.16 Å². The SMILES string of the molecule is CC(C)(C)CC1CC(c2onc(CCC(=O)OC(C)(C)C)c2C(=O)O)C1. The Labute approximate surface area is 155 Å². The van der Waals surface area contributed by atoms with Gasteiger partial charge in [-0.15, -0.1) is 0 Å². The number of carboxylic acid groups (broad SMARTS) is 1. The van der Waals surface area contributed by atoms with Crippen LogP contribution in [-0.4, -0.2) is 27.8 Å². The van der Waals surface area contributed by atoms with Crippen LogP contribution in [0.2, 0.25) is 0 Å². The van der Waals surface area contributed by atoms with Gasteiger partial charge in [-0.1, -0.05) is 25.9 Å². The van der Waals surface area contributed by atoms with Crippen LogP contribution in [0.1, 0.15) is 95.0 Å². The van der Waals surface area contributed by atoms with Gasteiger partial charge in [0.2, 0.25) is 0 Å². The molecular formula is C20H31NO5. The molecule has 0 atom stereocenters. The predicted octanol–water partition coefficient (Wildman–Crippen LogP) is 4.58. The molecule has 1 aromatic heterocycles. The van der Waals surface area contributed by atoms with Crippen LogP contribution < -0.4 is 0 Å². The smallest absolute Gasteiger partial charge is 0.341 e. The highest BCUT2D eigenvalue weighted by molar-refractivity contribution is 5.90. The first-order valence-electron chi connectivity index (χ1n) is 9.29. The molecule has 1 aromatic rings. The number of aromatic nitrogens is 1. The first kappa shape index (κ1) is 20.5. The standard InChI is InChI=1S/C20H31NO5/c1-19(2,3)11-12-9-13(10-12)17-16(18(23)24)14(21-26-17)7-8-15(22)25-20(4,5)6/h12-13H,7-11H2,1-6H3,(H,23,24). The van der Waals surface area contributed by atoms with Crippen LogP contribution in [0, 0.1) is 11.3 Å². The molecule has 0 amide bonds. The summed E-state index contributed by atoms with van der Waals surface area (Å²) in [5, 5.41) is 13.5. The van der Waals surface area contributed by atoms with Gasteiger partial charge in [-0.3, -0.25) is 4.79 Å². The quantitative estimate of drug-likeness (QED) is 0.742. The Bertz CT molecular complexity index is 657. The van der Waals surface area contributed by atoms with Crippen LogP contribution in [0.4, 0.5) is 0 Å². The Morgan fingerprint density at radius 2 is 1.81 bits per heavy atom. The Morgan fingerprint density at radius 1 is 1.19 bits per heavy atom. The molecule has 146 valence electrons. The van der Waals surface area contributed by atoms with Gasteiger partial charge in [-0.2, -0.15) is 0 Å². The van der Waals surface area contributed by atoms with Crippen LogP contribution >= 0.6 is 0 Å². The number of nitrogens with zero attached hydrogens (tertiary/aromatic N) is 1. The summed E-state index contributed by atoms with van der Waals surface area (Å²) in [6.07, 6.45) is 3.26. The van der Waals surface area contributed by atoms with Crippen LogP contribution in [0.15, 0.2) is 4.52 Å². The summed E-state index contributed by atoms with van der Waals surface area (Å²) in [5.74, 6) is -0.248. The molecule has 26 heavy (non-hydrogen) atoms. The summed E-state index contributed by atoms with van der Waals surface area (Å²) in [5.41, 5.74) is 0.173. The summed E-state index contributed by atoms with van der Waals surface area (Å²) in [7, 11) is 0. The third-order valence-electron chi connectivity index (χ3n) is 4.50. The third kappa shape index (κ3) is 5.58. The maximum atomic E-state index is 11.9. The van der Waals surface area contributed by atoms with Crippen LogP contribution in [-0.2, 0) is 16.0 Å². The molecule has 0 unspecified atom stereocenters. The zero-order chi connectivity index (χ0) is 19.7. The second-order valence-electron chi connectivity index (χ2n) is 9.56. The number of hydrogen-bond acceptors (Lipinski definition) is 5. The molecule has 0 bridgehead atoms. The van der Waals surface area contributed by atoms with E-state index in [1.54, 1.807) is 20.8 Å². The Hall–Kier alpha value is -1.85. The fraction of sp³-hybridized carbons (Fsp3) is 0.750. The second kappa shape index (κ2) is 7.41. The number of rotatable bonds is 6.